The number of hydrogen-bond acceptors (Lipinski definition) is 6. The van der Waals surface area contributed by atoms with Crippen LogP contribution in [0, 0.1) is 13.8 Å². The van der Waals surface area contributed by atoms with Gasteiger partial charge in [0, 0.05) is 36.0 Å². The smallest absolute Gasteiger partial charge is 0.259 e. The molecule has 1 aromatic carbocycles. The zero-order valence-corrected chi connectivity index (χ0v) is 17.1. The Morgan fingerprint density at radius 3 is 2.71 bits per heavy atom. The van der Waals surface area contributed by atoms with E-state index in [9.17, 15) is 4.79 Å². The normalized spacial score (nSPS) is 17.4. The average molecular weight is 395 g/mol. The summed E-state index contributed by atoms with van der Waals surface area (Å²) >= 11 is 1.41. The summed E-state index contributed by atoms with van der Waals surface area (Å²) in [5.74, 6) is 0.978. The fourth-order valence-corrected chi connectivity index (χ4v) is 3.11. The van der Waals surface area contributed by atoms with Crippen LogP contribution >= 0.6 is 11.8 Å². The number of amides is 1. The maximum absolute atomic E-state index is 13.1. The van der Waals surface area contributed by atoms with E-state index in [2.05, 4.69) is 16.7 Å². The van der Waals surface area contributed by atoms with E-state index < -0.39 is 0 Å². The highest BCUT2D eigenvalue weighted by Gasteiger charge is 2.29. The number of likely N-dealkylation sites (N-methyl/N-ethyl adjacent to an activating group) is 1. The van der Waals surface area contributed by atoms with Crippen molar-refractivity contribution in [3.63, 3.8) is 0 Å². The van der Waals surface area contributed by atoms with Gasteiger partial charge in [0.15, 0.2) is 5.76 Å². The van der Waals surface area contributed by atoms with Crippen molar-refractivity contribution in [2.45, 2.75) is 13.8 Å². The number of thioether (sulfide) groups is 1. The van der Waals surface area contributed by atoms with Gasteiger partial charge >= 0.3 is 0 Å². The molecule has 2 N–H and O–H groups in total. The van der Waals surface area contributed by atoms with Crippen molar-refractivity contribution in [3.05, 3.63) is 70.5 Å². The number of benzene rings is 1. The van der Waals surface area contributed by atoms with Crippen molar-refractivity contribution < 1.29 is 9.32 Å². The SMILES string of the molecule is C=C(/N=C1\C(=C/N)C=C(c2cc(-c3cc(C)no3)ccc2C)C(=O)N1C)SC. The van der Waals surface area contributed by atoms with E-state index in [1.165, 1.54) is 22.9 Å². The van der Waals surface area contributed by atoms with E-state index in [-0.39, 0.29) is 5.91 Å². The summed E-state index contributed by atoms with van der Waals surface area (Å²) in [6.45, 7) is 7.70. The standard InChI is InChI=1S/C21H22N4O2S/c1-12-6-7-15(19-8-13(2)24-27-19)9-17(12)18-10-16(11-22)20(23-14(3)28-5)25(4)21(18)26/h6-11H,3,22H2,1-2,4-5H3/b16-11-,23-20+. The fraction of sp³-hybridized carbons (Fsp3) is 0.190. The monoisotopic (exact) mass is 394 g/mol. The number of aliphatic imine (C=N–C) groups is 1. The van der Waals surface area contributed by atoms with Gasteiger partial charge in [-0.25, -0.2) is 4.99 Å². The third-order valence-electron chi connectivity index (χ3n) is 4.50. The number of aromatic nitrogens is 1. The van der Waals surface area contributed by atoms with Gasteiger partial charge in [0.25, 0.3) is 5.91 Å². The summed E-state index contributed by atoms with van der Waals surface area (Å²) in [5.41, 5.74) is 10.5. The molecule has 0 unspecified atom stereocenters. The number of nitrogens with two attached hydrogens (primary N) is 1. The lowest BCUT2D eigenvalue weighted by atomic mass is 9.92. The second kappa shape index (κ2) is 7.90. The summed E-state index contributed by atoms with van der Waals surface area (Å²) in [5, 5.41) is 4.54. The molecule has 7 heteroatoms. The third kappa shape index (κ3) is 3.66. The molecule has 2 heterocycles. The number of amidine groups is 1. The van der Waals surface area contributed by atoms with Gasteiger partial charge in [0.2, 0.25) is 0 Å². The molecule has 0 bridgehead atoms. The minimum absolute atomic E-state index is 0.160. The number of carbonyl (C=O) groups excluding carboxylic acids is 1. The van der Waals surface area contributed by atoms with Crippen LogP contribution in [0.5, 0.6) is 0 Å². The molecule has 3 rings (SSSR count). The maximum Gasteiger partial charge on any atom is 0.259 e. The number of nitrogens with zero attached hydrogens (tertiary/aromatic N) is 3. The summed E-state index contributed by atoms with van der Waals surface area (Å²) < 4.78 is 5.37. The van der Waals surface area contributed by atoms with Gasteiger partial charge in [-0.05, 0) is 43.4 Å². The van der Waals surface area contributed by atoms with Crippen LogP contribution < -0.4 is 5.73 Å². The van der Waals surface area contributed by atoms with Crippen LogP contribution in [0.1, 0.15) is 16.8 Å². The van der Waals surface area contributed by atoms with Crippen LogP contribution in [0.3, 0.4) is 0 Å². The largest absolute Gasteiger partial charge is 0.404 e. The van der Waals surface area contributed by atoms with Crippen LogP contribution in [0.4, 0.5) is 0 Å². The molecular formula is C21H22N4O2S. The quantitative estimate of drug-likeness (QED) is 0.850. The highest BCUT2D eigenvalue weighted by atomic mass is 32.2. The molecule has 0 saturated carbocycles. The second-order valence-corrected chi connectivity index (χ2v) is 7.32. The molecule has 6 nitrogen and oxygen atoms in total. The van der Waals surface area contributed by atoms with E-state index in [0.717, 1.165) is 22.4 Å². The molecule has 1 aliphatic heterocycles. The number of carbonyl (C=O) groups is 1. The molecule has 1 amide bonds. The first kappa shape index (κ1) is 19.7. The van der Waals surface area contributed by atoms with Crippen molar-refractivity contribution in [3.8, 4) is 11.3 Å². The van der Waals surface area contributed by atoms with E-state index in [1.807, 2.05) is 44.4 Å². The van der Waals surface area contributed by atoms with Crippen molar-refractivity contribution in [2.24, 2.45) is 10.7 Å². The molecule has 28 heavy (non-hydrogen) atoms. The van der Waals surface area contributed by atoms with Gasteiger partial charge in [0.05, 0.1) is 10.7 Å². The highest BCUT2D eigenvalue weighted by Crippen LogP contribution is 2.32. The van der Waals surface area contributed by atoms with Gasteiger partial charge in [-0.2, -0.15) is 0 Å². The number of rotatable bonds is 4. The predicted molar refractivity (Wildman–Crippen MR) is 115 cm³/mol. The Labute approximate surface area is 168 Å². The molecule has 0 saturated heterocycles. The van der Waals surface area contributed by atoms with Crippen molar-refractivity contribution >= 4 is 29.1 Å². The maximum atomic E-state index is 13.1. The van der Waals surface area contributed by atoms with Crippen LogP contribution in [0.15, 0.2) is 63.2 Å². The summed E-state index contributed by atoms with van der Waals surface area (Å²) in [6, 6.07) is 7.71. The lowest BCUT2D eigenvalue weighted by Crippen LogP contribution is -2.38. The second-order valence-electron chi connectivity index (χ2n) is 6.44. The van der Waals surface area contributed by atoms with Crippen molar-refractivity contribution in [2.75, 3.05) is 13.3 Å². The summed E-state index contributed by atoms with van der Waals surface area (Å²) in [6.07, 6.45) is 5.10. The van der Waals surface area contributed by atoms with Crippen LogP contribution in [0.2, 0.25) is 0 Å². The Balaban J connectivity index is 2.12. The van der Waals surface area contributed by atoms with E-state index in [0.29, 0.717) is 27.8 Å². The molecule has 0 spiro atoms. The zero-order valence-electron chi connectivity index (χ0n) is 16.3. The molecule has 0 aliphatic carbocycles. The molecular weight excluding hydrogens is 372 g/mol. The molecule has 0 radical (unpaired) electrons. The Kier molecular flexibility index (Phi) is 5.56. The Morgan fingerprint density at radius 2 is 2.11 bits per heavy atom. The van der Waals surface area contributed by atoms with Crippen molar-refractivity contribution in [1.82, 2.24) is 10.1 Å². The molecule has 1 aromatic heterocycles. The van der Waals surface area contributed by atoms with Crippen molar-refractivity contribution in [1.29, 1.82) is 0 Å². The summed E-state index contributed by atoms with van der Waals surface area (Å²) in [4.78, 5) is 19.0. The van der Waals surface area contributed by atoms with E-state index >= 15 is 0 Å². The number of aryl methyl sites for hydroxylation is 2. The predicted octanol–water partition coefficient (Wildman–Crippen LogP) is 3.89. The molecule has 2 aromatic rings. The third-order valence-corrected chi connectivity index (χ3v) is 5.06. The molecule has 144 valence electrons. The first-order valence-corrected chi connectivity index (χ1v) is 9.86. The van der Waals surface area contributed by atoms with Crippen LogP contribution in [-0.4, -0.2) is 35.1 Å². The number of hydrogen-bond donors (Lipinski definition) is 1. The van der Waals surface area contributed by atoms with E-state index in [4.69, 9.17) is 10.3 Å². The first-order valence-electron chi connectivity index (χ1n) is 8.64. The van der Waals surface area contributed by atoms with Gasteiger partial charge in [-0.15, -0.1) is 11.8 Å². The van der Waals surface area contributed by atoms with Gasteiger partial charge in [-0.1, -0.05) is 23.9 Å². The molecule has 0 fully saturated rings. The Bertz CT molecular complexity index is 1050. The molecule has 0 atom stereocenters. The average Bonchev–Trinajstić information content (AvgIpc) is 3.12. The van der Waals surface area contributed by atoms with E-state index in [1.54, 1.807) is 13.1 Å². The van der Waals surface area contributed by atoms with Crippen LogP contribution in [0.25, 0.3) is 16.9 Å². The summed E-state index contributed by atoms with van der Waals surface area (Å²) in [7, 11) is 1.68. The minimum Gasteiger partial charge on any atom is -0.404 e. The van der Waals surface area contributed by atoms with Crippen LogP contribution in [-0.2, 0) is 4.79 Å². The lowest BCUT2D eigenvalue weighted by molar-refractivity contribution is -0.120. The fourth-order valence-electron chi connectivity index (χ4n) is 2.94. The minimum atomic E-state index is -0.160. The Morgan fingerprint density at radius 1 is 1.36 bits per heavy atom. The Hall–Kier alpha value is -3.06. The van der Waals surface area contributed by atoms with Gasteiger partial charge < -0.3 is 10.3 Å². The zero-order chi connectivity index (χ0) is 20.4. The molecule has 1 aliphatic rings. The lowest BCUT2D eigenvalue weighted by Gasteiger charge is -2.27. The highest BCUT2D eigenvalue weighted by molar-refractivity contribution is 8.02. The van der Waals surface area contributed by atoms with Gasteiger partial charge in [-0.3, -0.25) is 9.69 Å². The topological polar surface area (TPSA) is 84.7 Å². The van der Waals surface area contributed by atoms with Gasteiger partial charge in [0.1, 0.15) is 5.84 Å². The first-order chi connectivity index (χ1) is 13.3.